The maximum absolute atomic E-state index is 10.5. The summed E-state index contributed by atoms with van der Waals surface area (Å²) in [5, 5.41) is 11.2. The van der Waals surface area contributed by atoms with Crippen molar-refractivity contribution in [2.45, 2.75) is 51.6 Å². The fourth-order valence-corrected chi connectivity index (χ4v) is 3.45. The molecule has 0 bridgehead atoms. The molecule has 1 nitrogen and oxygen atoms in total. The van der Waals surface area contributed by atoms with Crippen LogP contribution in [-0.2, 0) is 0 Å². The fourth-order valence-electron chi connectivity index (χ4n) is 3.25. The van der Waals surface area contributed by atoms with Gasteiger partial charge in [0, 0.05) is 5.02 Å². The third-order valence-corrected chi connectivity index (χ3v) is 4.39. The van der Waals surface area contributed by atoms with Gasteiger partial charge in [0.1, 0.15) is 0 Å². The highest BCUT2D eigenvalue weighted by atomic mass is 35.5. The summed E-state index contributed by atoms with van der Waals surface area (Å²) >= 11 is 6.00. The van der Waals surface area contributed by atoms with Crippen molar-refractivity contribution in [2.75, 3.05) is 0 Å². The van der Waals surface area contributed by atoms with Gasteiger partial charge >= 0.3 is 0 Å². The topological polar surface area (TPSA) is 20.2 Å². The first-order valence-corrected chi connectivity index (χ1v) is 7.52. The van der Waals surface area contributed by atoms with Crippen molar-refractivity contribution in [1.29, 1.82) is 0 Å². The van der Waals surface area contributed by atoms with Crippen LogP contribution in [0.15, 0.2) is 24.3 Å². The number of halogens is 2. The van der Waals surface area contributed by atoms with Crippen molar-refractivity contribution in [3.63, 3.8) is 0 Å². The van der Waals surface area contributed by atoms with E-state index in [1.165, 1.54) is 32.1 Å². The number of aliphatic hydroxyl groups excluding tert-OH is 1. The van der Waals surface area contributed by atoms with Crippen molar-refractivity contribution in [3.8, 4) is 0 Å². The van der Waals surface area contributed by atoms with Crippen LogP contribution in [0.3, 0.4) is 0 Å². The molecule has 1 N–H and O–H groups in total. The summed E-state index contributed by atoms with van der Waals surface area (Å²) < 4.78 is 0. The Kier molecular flexibility index (Phi) is 7.20. The highest BCUT2D eigenvalue weighted by Gasteiger charge is 2.27. The monoisotopic (exact) mass is 302 g/mol. The molecule has 0 unspecified atom stereocenters. The number of benzene rings is 1. The highest BCUT2D eigenvalue weighted by molar-refractivity contribution is 6.30. The van der Waals surface area contributed by atoms with Crippen LogP contribution in [0.5, 0.6) is 0 Å². The molecule has 1 fully saturated rings. The van der Waals surface area contributed by atoms with Gasteiger partial charge in [-0.25, -0.2) is 0 Å². The molecule has 1 aliphatic rings. The van der Waals surface area contributed by atoms with Crippen LogP contribution in [-0.4, -0.2) is 5.11 Å². The van der Waals surface area contributed by atoms with E-state index in [2.05, 4.69) is 6.92 Å². The largest absolute Gasteiger partial charge is 0.388 e. The van der Waals surface area contributed by atoms with E-state index >= 15 is 0 Å². The average Bonchev–Trinajstić information content (AvgIpc) is 2.39. The van der Waals surface area contributed by atoms with Crippen LogP contribution in [0.4, 0.5) is 0 Å². The Morgan fingerprint density at radius 2 is 2.16 bits per heavy atom. The zero-order valence-corrected chi connectivity index (χ0v) is 13.1. The summed E-state index contributed by atoms with van der Waals surface area (Å²) in [5.74, 6) is 1.22. The number of aliphatic hydroxyl groups is 1. The maximum Gasteiger partial charge on any atom is 0.0818 e. The van der Waals surface area contributed by atoms with Crippen LogP contribution >= 0.6 is 24.0 Å². The van der Waals surface area contributed by atoms with Crippen molar-refractivity contribution >= 4 is 24.0 Å². The molecule has 0 saturated heterocycles. The first-order chi connectivity index (χ1) is 8.70. The molecule has 3 atom stereocenters. The lowest BCUT2D eigenvalue weighted by Gasteiger charge is -2.32. The average molecular weight is 303 g/mol. The van der Waals surface area contributed by atoms with Crippen LogP contribution in [0.1, 0.15) is 57.1 Å². The first kappa shape index (κ1) is 16.8. The molecular weight excluding hydrogens is 279 g/mol. The lowest BCUT2D eigenvalue weighted by Crippen LogP contribution is -2.21. The van der Waals surface area contributed by atoms with Gasteiger partial charge in [-0.05, 0) is 42.4 Å². The lowest BCUT2D eigenvalue weighted by molar-refractivity contribution is 0.0668. The molecule has 108 valence electrons. The summed E-state index contributed by atoms with van der Waals surface area (Å²) in [4.78, 5) is 0. The van der Waals surface area contributed by atoms with Gasteiger partial charge in [-0.15, -0.1) is 12.4 Å². The quantitative estimate of drug-likeness (QED) is 0.789. The second-order valence-corrected chi connectivity index (χ2v) is 6.02. The molecule has 1 aromatic carbocycles. The molecule has 3 heteroatoms. The summed E-state index contributed by atoms with van der Waals surface area (Å²) in [6.45, 7) is 2.25. The van der Waals surface area contributed by atoms with Gasteiger partial charge in [-0.1, -0.05) is 56.3 Å². The van der Waals surface area contributed by atoms with E-state index in [0.29, 0.717) is 10.9 Å². The Morgan fingerprint density at radius 3 is 2.84 bits per heavy atom. The Bertz CT molecular complexity index is 379. The lowest BCUT2D eigenvalue weighted by atomic mass is 9.76. The predicted molar refractivity (Wildman–Crippen MR) is 84.0 cm³/mol. The van der Waals surface area contributed by atoms with Crippen LogP contribution in [0, 0.1) is 11.8 Å². The van der Waals surface area contributed by atoms with E-state index in [1.54, 1.807) is 0 Å². The Balaban J connectivity index is 0.00000180. The SMILES string of the molecule is CCC[C@H]1CCC[C@H]([C@H](O)c2cccc(Cl)c2)C1.Cl. The van der Waals surface area contributed by atoms with Gasteiger partial charge in [0.05, 0.1) is 6.10 Å². The Labute approximate surface area is 127 Å². The maximum atomic E-state index is 10.5. The molecular formula is C16H24Cl2O. The van der Waals surface area contributed by atoms with E-state index in [9.17, 15) is 5.11 Å². The van der Waals surface area contributed by atoms with Crippen LogP contribution in [0.2, 0.25) is 5.02 Å². The molecule has 0 aliphatic heterocycles. The third kappa shape index (κ3) is 4.66. The Morgan fingerprint density at radius 1 is 1.37 bits per heavy atom. The predicted octanol–water partition coefficient (Wildman–Crippen LogP) is 5.40. The summed E-state index contributed by atoms with van der Waals surface area (Å²) in [6.07, 6.45) is 7.13. The highest BCUT2D eigenvalue weighted by Crippen LogP contribution is 2.39. The first-order valence-electron chi connectivity index (χ1n) is 7.14. The molecule has 1 aromatic rings. The van der Waals surface area contributed by atoms with Gasteiger partial charge in [0.15, 0.2) is 0 Å². The minimum Gasteiger partial charge on any atom is -0.388 e. The van der Waals surface area contributed by atoms with Crippen molar-refractivity contribution < 1.29 is 5.11 Å². The molecule has 19 heavy (non-hydrogen) atoms. The minimum atomic E-state index is -0.344. The van der Waals surface area contributed by atoms with Crippen LogP contribution < -0.4 is 0 Å². The number of rotatable bonds is 4. The van der Waals surface area contributed by atoms with Gasteiger partial charge in [0.25, 0.3) is 0 Å². The molecule has 1 saturated carbocycles. The smallest absolute Gasteiger partial charge is 0.0818 e. The number of hydrogen-bond acceptors (Lipinski definition) is 1. The molecule has 0 aromatic heterocycles. The molecule has 0 heterocycles. The van der Waals surface area contributed by atoms with E-state index in [4.69, 9.17) is 11.6 Å². The second kappa shape index (κ2) is 8.14. The third-order valence-electron chi connectivity index (χ3n) is 4.16. The normalized spacial score (nSPS) is 24.6. The van der Waals surface area contributed by atoms with Crippen molar-refractivity contribution in [1.82, 2.24) is 0 Å². The fraction of sp³-hybridized carbons (Fsp3) is 0.625. The van der Waals surface area contributed by atoms with E-state index in [0.717, 1.165) is 17.9 Å². The van der Waals surface area contributed by atoms with Crippen molar-refractivity contribution in [2.24, 2.45) is 11.8 Å². The van der Waals surface area contributed by atoms with Gasteiger partial charge in [-0.3, -0.25) is 0 Å². The van der Waals surface area contributed by atoms with Crippen molar-refractivity contribution in [3.05, 3.63) is 34.9 Å². The molecule has 0 spiro atoms. The Hall–Kier alpha value is -0.240. The minimum absolute atomic E-state index is 0. The van der Waals surface area contributed by atoms with Gasteiger partial charge < -0.3 is 5.11 Å². The molecule has 2 rings (SSSR count). The number of hydrogen-bond donors (Lipinski definition) is 1. The van der Waals surface area contributed by atoms with Gasteiger partial charge in [0.2, 0.25) is 0 Å². The van der Waals surface area contributed by atoms with Crippen LogP contribution in [0.25, 0.3) is 0 Å². The van der Waals surface area contributed by atoms with Gasteiger partial charge in [-0.2, -0.15) is 0 Å². The summed E-state index contributed by atoms with van der Waals surface area (Å²) in [7, 11) is 0. The molecule has 1 aliphatic carbocycles. The standard InChI is InChI=1S/C16H23ClO.ClH/c1-2-5-12-6-3-7-13(10-12)16(18)14-8-4-9-15(17)11-14;/h4,8-9,11-13,16,18H,2-3,5-7,10H2,1H3;1H/t12-,13-,16-;/m0./s1. The molecule has 0 radical (unpaired) electrons. The summed E-state index contributed by atoms with van der Waals surface area (Å²) in [6, 6.07) is 7.67. The van der Waals surface area contributed by atoms with E-state index in [1.807, 2.05) is 24.3 Å². The zero-order chi connectivity index (χ0) is 13.0. The molecule has 0 amide bonds. The van der Waals surface area contributed by atoms with E-state index in [-0.39, 0.29) is 18.5 Å². The van der Waals surface area contributed by atoms with E-state index < -0.39 is 0 Å². The second-order valence-electron chi connectivity index (χ2n) is 5.58. The summed E-state index contributed by atoms with van der Waals surface area (Å²) in [5.41, 5.74) is 0.977. The zero-order valence-electron chi connectivity index (χ0n) is 11.5.